The maximum absolute atomic E-state index is 12.8. The number of esters is 3. The van der Waals surface area contributed by atoms with Crippen molar-refractivity contribution in [1.82, 2.24) is 0 Å². The SMILES string of the molecule is CC/C=C\C/C=C\C/C=C\C/C=C\CCCCCCC(=O)OC(COC(=O)CCCCCCC/C=C\CCCCCC)COC(=O)CCCCCCCCCCCCCCCCCCCCC. The molecular weight excluding hydrogens is 829 g/mol. The molecule has 0 amide bonds. The highest BCUT2D eigenvalue weighted by molar-refractivity contribution is 5.71. The highest BCUT2D eigenvalue weighted by Crippen LogP contribution is 2.16. The first-order valence-corrected chi connectivity index (χ1v) is 28.8. The number of allylic oxidation sites excluding steroid dienone is 10. The summed E-state index contributed by atoms with van der Waals surface area (Å²) in [5.41, 5.74) is 0. The maximum atomic E-state index is 12.8. The number of ether oxygens (including phenoxy) is 3. The number of hydrogen-bond donors (Lipinski definition) is 0. The molecule has 0 aliphatic rings. The predicted octanol–water partition coefficient (Wildman–Crippen LogP) is 19.2. The molecule has 0 aromatic rings. The number of hydrogen-bond acceptors (Lipinski definition) is 6. The lowest BCUT2D eigenvalue weighted by molar-refractivity contribution is -0.167. The molecule has 0 saturated carbocycles. The Balaban J connectivity index is 4.38. The molecule has 0 radical (unpaired) electrons. The second kappa shape index (κ2) is 55.7. The van der Waals surface area contributed by atoms with Gasteiger partial charge >= 0.3 is 17.9 Å². The molecule has 0 aliphatic heterocycles. The van der Waals surface area contributed by atoms with Crippen molar-refractivity contribution in [3.63, 3.8) is 0 Å². The van der Waals surface area contributed by atoms with Crippen LogP contribution in [0.25, 0.3) is 0 Å². The molecule has 6 nitrogen and oxygen atoms in total. The van der Waals surface area contributed by atoms with Crippen LogP contribution in [0.2, 0.25) is 0 Å². The molecule has 0 N–H and O–H groups in total. The summed E-state index contributed by atoms with van der Waals surface area (Å²) in [6, 6.07) is 0. The van der Waals surface area contributed by atoms with E-state index in [2.05, 4.69) is 81.5 Å². The first kappa shape index (κ1) is 64.1. The molecule has 0 spiro atoms. The van der Waals surface area contributed by atoms with Crippen LogP contribution in [0.15, 0.2) is 60.8 Å². The van der Waals surface area contributed by atoms with Gasteiger partial charge in [0.15, 0.2) is 6.10 Å². The summed E-state index contributed by atoms with van der Waals surface area (Å²) in [6.07, 6.45) is 69.3. The van der Waals surface area contributed by atoms with Gasteiger partial charge in [0.05, 0.1) is 0 Å². The van der Waals surface area contributed by atoms with E-state index in [1.807, 2.05) is 0 Å². The average Bonchev–Trinajstić information content (AvgIpc) is 3.33. The zero-order valence-corrected chi connectivity index (χ0v) is 44.4. The Bertz CT molecular complexity index is 1210. The van der Waals surface area contributed by atoms with E-state index in [1.165, 1.54) is 148 Å². The quantitative estimate of drug-likeness (QED) is 0.0262. The minimum absolute atomic E-state index is 0.0843. The van der Waals surface area contributed by atoms with E-state index in [1.54, 1.807) is 0 Å². The summed E-state index contributed by atoms with van der Waals surface area (Å²) in [5, 5.41) is 0. The third-order valence-electron chi connectivity index (χ3n) is 12.5. The molecule has 0 heterocycles. The van der Waals surface area contributed by atoms with Gasteiger partial charge in [0.2, 0.25) is 0 Å². The fourth-order valence-electron chi connectivity index (χ4n) is 8.19. The molecule has 0 rings (SSSR count). The van der Waals surface area contributed by atoms with E-state index < -0.39 is 6.10 Å². The normalized spacial score (nSPS) is 12.5. The number of carbonyl (C=O) groups is 3. The van der Waals surface area contributed by atoms with Crippen molar-refractivity contribution in [2.24, 2.45) is 0 Å². The molecule has 6 heteroatoms. The first-order chi connectivity index (χ1) is 33.0. The second-order valence-corrected chi connectivity index (χ2v) is 19.2. The van der Waals surface area contributed by atoms with Crippen molar-refractivity contribution in [3.8, 4) is 0 Å². The summed E-state index contributed by atoms with van der Waals surface area (Å²) in [5.74, 6) is -0.906. The second-order valence-electron chi connectivity index (χ2n) is 19.2. The molecule has 1 unspecified atom stereocenters. The minimum Gasteiger partial charge on any atom is -0.462 e. The highest BCUT2D eigenvalue weighted by Gasteiger charge is 2.19. The lowest BCUT2D eigenvalue weighted by Gasteiger charge is -2.18. The van der Waals surface area contributed by atoms with Gasteiger partial charge in [-0.1, -0.05) is 248 Å². The molecule has 0 aliphatic carbocycles. The van der Waals surface area contributed by atoms with Gasteiger partial charge in [-0.25, -0.2) is 0 Å². The Kier molecular flexibility index (Phi) is 53.3. The monoisotopic (exact) mass is 937 g/mol. The Hall–Kier alpha value is -2.89. The predicted molar refractivity (Wildman–Crippen MR) is 288 cm³/mol. The highest BCUT2D eigenvalue weighted by atomic mass is 16.6. The van der Waals surface area contributed by atoms with Gasteiger partial charge in [0.1, 0.15) is 13.2 Å². The number of rotatable bonds is 52. The summed E-state index contributed by atoms with van der Waals surface area (Å²) >= 11 is 0. The molecule has 0 aromatic carbocycles. The summed E-state index contributed by atoms with van der Waals surface area (Å²) < 4.78 is 16.8. The summed E-state index contributed by atoms with van der Waals surface area (Å²) in [6.45, 7) is 6.51. The first-order valence-electron chi connectivity index (χ1n) is 28.8. The van der Waals surface area contributed by atoms with E-state index in [4.69, 9.17) is 14.2 Å². The van der Waals surface area contributed by atoms with Gasteiger partial charge in [-0.2, -0.15) is 0 Å². The van der Waals surface area contributed by atoms with Crippen LogP contribution in [-0.2, 0) is 28.6 Å². The maximum Gasteiger partial charge on any atom is 0.306 e. The fraction of sp³-hybridized carbons (Fsp3) is 0.787. The van der Waals surface area contributed by atoms with Crippen LogP contribution in [-0.4, -0.2) is 37.2 Å². The van der Waals surface area contributed by atoms with Gasteiger partial charge < -0.3 is 14.2 Å². The Morgan fingerprint density at radius 1 is 0.313 bits per heavy atom. The van der Waals surface area contributed by atoms with Crippen LogP contribution < -0.4 is 0 Å². The van der Waals surface area contributed by atoms with E-state index in [0.717, 1.165) is 103 Å². The smallest absolute Gasteiger partial charge is 0.306 e. The van der Waals surface area contributed by atoms with Crippen LogP contribution in [0.3, 0.4) is 0 Å². The van der Waals surface area contributed by atoms with Crippen molar-refractivity contribution < 1.29 is 28.6 Å². The van der Waals surface area contributed by atoms with E-state index in [9.17, 15) is 14.4 Å². The lowest BCUT2D eigenvalue weighted by Crippen LogP contribution is -2.30. The van der Waals surface area contributed by atoms with Gasteiger partial charge in [-0.15, -0.1) is 0 Å². The van der Waals surface area contributed by atoms with Crippen LogP contribution in [0.5, 0.6) is 0 Å². The Labute approximate surface area is 415 Å². The molecule has 0 saturated heterocycles. The molecule has 0 aromatic heterocycles. The van der Waals surface area contributed by atoms with E-state index in [-0.39, 0.29) is 31.1 Å². The van der Waals surface area contributed by atoms with Crippen LogP contribution in [0, 0.1) is 0 Å². The van der Waals surface area contributed by atoms with E-state index in [0.29, 0.717) is 19.3 Å². The lowest BCUT2D eigenvalue weighted by atomic mass is 10.0. The third-order valence-corrected chi connectivity index (χ3v) is 12.5. The van der Waals surface area contributed by atoms with Crippen molar-refractivity contribution >= 4 is 17.9 Å². The van der Waals surface area contributed by atoms with Crippen molar-refractivity contribution in [1.29, 1.82) is 0 Å². The van der Waals surface area contributed by atoms with Crippen molar-refractivity contribution in [2.75, 3.05) is 13.2 Å². The number of carbonyl (C=O) groups excluding carboxylic acids is 3. The molecular formula is C61H108O6. The van der Waals surface area contributed by atoms with Gasteiger partial charge in [0, 0.05) is 19.3 Å². The van der Waals surface area contributed by atoms with Crippen molar-refractivity contribution in [2.45, 2.75) is 297 Å². The molecule has 67 heavy (non-hydrogen) atoms. The topological polar surface area (TPSA) is 78.9 Å². The number of unbranched alkanes of at least 4 members (excludes halogenated alkanes) is 31. The van der Waals surface area contributed by atoms with Gasteiger partial charge in [0.25, 0.3) is 0 Å². The average molecular weight is 938 g/mol. The minimum atomic E-state index is -0.789. The molecule has 0 bridgehead atoms. The molecule has 0 fully saturated rings. The Morgan fingerprint density at radius 2 is 0.582 bits per heavy atom. The summed E-state index contributed by atoms with van der Waals surface area (Å²) in [7, 11) is 0. The third kappa shape index (κ3) is 53.9. The van der Waals surface area contributed by atoms with Crippen molar-refractivity contribution in [3.05, 3.63) is 60.8 Å². The van der Waals surface area contributed by atoms with Crippen LogP contribution in [0.4, 0.5) is 0 Å². The van der Waals surface area contributed by atoms with Crippen LogP contribution in [0.1, 0.15) is 290 Å². The standard InChI is InChI=1S/C61H108O6/c1-4-7-10-13-16-19-22-25-27-29-30-32-33-36-39-42-45-48-51-54-60(63)66-57-58(56-65-59(62)53-50-47-44-41-38-35-24-21-18-15-12-9-6-3)67-61(64)55-52-49-46-43-40-37-34-31-28-26-23-20-17-14-11-8-5-2/h8,11,17,20-21,24,26,28,34,37,58H,4-7,9-10,12-16,18-19,22-23,25,27,29-33,35-36,38-57H2,1-3H3/b11-8-,20-17-,24-21-,28-26-,37-34-. The van der Waals surface area contributed by atoms with Gasteiger partial charge in [-0.05, 0) is 83.5 Å². The van der Waals surface area contributed by atoms with E-state index >= 15 is 0 Å². The molecule has 1 atom stereocenters. The largest absolute Gasteiger partial charge is 0.462 e. The zero-order valence-electron chi connectivity index (χ0n) is 44.4. The van der Waals surface area contributed by atoms with Crippen LogP contribution >= 0.6 is 0 Å². The Morgan fingerprint density at radius 3 is 0.940 bits per heavy atom. The summed E-state index contributed by atoms with van der Waals surface area (Å²) in [4.78, 5) is 38.1. The molecule has 388 valence electrons. The fourth-order valence-corrected chi connectivity index (χ4v) is 8.19. The zero-order chi connectivity index (χ0) is 48.6. The van der Waals surface area contributed by atoms with Gasteiger partial charge in [-0.3, -0.25) is 14.4 Å².